The quantitative estimate of drug-likeness (QED) is 0.551. The summed E-state index contributed by atoms with van der Waals surface area (Å²) in [5.74, 6) is 0.393. The van der Waals surface area contributed by atoms with Crippen LogP contribution in [0.3, 0.4) is 0 Å². The number of benzene rings is 2. The summed E-state index contributed by atoms with van der Waals surface area (Å²) in [6.45, 7) is 6.85. The number of nitrogens with zero attached hydrogens (tertiary/aromatic N) is 1. The molecule has 0 saturated carbocycles. The molecule has 0 aromatic heterocycles. The molecule has 29 heavy (non-hydrogen) atoms. The monoisotopic (exact) mass is 456 g/mol. The van der Waals surface area contributed by atoms with Crippen LogP contribution in [0, 0.1) is 0 Å². The number of hydrogen-bond acceptors (Lipinski definition) is 3. The first-order chi connectivity index (χ1) is 13.5. The van der Waals surface area contributed by atoms with Crippen molar-refractivity contribution in [1.82, 2.24) is 10.2 Å². The molecule has 0 amide bonds. The molecule has 6 heteroatoms. The second-order valence-corrected chi connectivity index (χ2v) is 8.52. The highest BCUT2D eigenvalue weighted by molar-refractivity contribution is 6.42. The summed E-state index contributed by atoms with van der Waals surface area (Å²) >= 11 is 12.3. The fourth-order valence-corrected chi connectivity index (χ4v) is 4.30. The van der Waals surface area contributed by atoms with Gasteiger partial charge in [0.25, 0.3) is 0 Å². The van der Waals surface area contributed by atoms with E-state index in [1.54, 1.807) is 0 Å². The molecule has 0 bridgehead atoms. The standard InChI is InChI=1S/C23H30Cl2N2O.ClH/c1-2-26-17-19(18-8-9-21(24)22(25)16-18)10-13-27-14-11-23(28,12-15-27)20-6-4-3-5-7-20;/h3-9,16,19,26,28H,2,10-15,17H2,1H3;1H. The highest BCUT2D eigenvalue weighted by Gasteiger charge is 2.33. The van der Waals surface area contributed by atoms with Crippen LogP contribution < -0.4 is 5.32 Å². The molecule has 3 nitrogen and oxygen atoms in total. The lowest BCUT2D eigenvalue weighted by atomic mass is 9.84. The summed E-state index contributed by atoms with van der Waals surface area (Å²) in [7, 11) is 0. The minimum absolute atomic E-state index is 0. The minimum atomic E-state index is -0.690. The number of likely N-dealkylation sites (N-methyl/N-ethyl adjacent to an activating group) is 1. The van der Waals surface area contributed by atoms with Crippen LogP contribution in [0.1, 0.15) is 43.2 Å². The Hall–Kier alpha value is -0.810. The van der Waals surface area contributed by atoms with Gasteiger partial charge in [0.15, 0.2) is 0 Å². The van der Waals surface area contributed by atoms with Crippen molar-refractivity contribution in [2.45, 2.75) is 37.7 Å². The molecule has 2 N–H and O–H groups in total. The molecule has 1 unspecified atom stereocenters. The number of nitrogens with one attached hydrogen (secondary N) is 1. The Labute approximate surface area is 190 Å². The normalized spacial score (nSPS) is 17.5. The van der Waals surface area contributed by atoms with E-state index in [-0.39, 0.29) is 12.4 Å². The van der Waals surface area contributed by atoms with Crippen LogP contribution in [-0.2, 0) is 5.60 Å². The van der Waals surface area contributed by atoms with Gasteiger partial charge in [-0.1, -0.05) is 66.5 Å². The number of piperidine rings is 1. The summed E-state index contributed by atoms with van der Waals surface area (Å²) in [6.07, 6.45) is 2.61. The molecule has 1 saturated heterocycles. The minimum Gasteiger partial charge on any atom is -0.385 e. The zero-order chi connectivity index (χ0) is 20.0. The fraction of sp³-hybridized carbons (Fsp3) is 0.478. The second-order valence-electron chi connectivity index (χ2n) is 7.71. The topological polar surface area (TPSA) is 35.5 Å². The van der Waals surface area contributed by atoms with Gasteiger partial charge in [0.2, 0.25) is 0 Å². The smallest absolute Gasteiger partial charge is 0.0920 e. The molecule has 1 aliphatic rings. The third-order valence-corrected chi connectivity index (χ3v) is 6.58. The predicted octanol–water partition coefficient (Wildman–Crippen LogP) is 5.48. The maximum absolute atomic E-state index is 11.0. The molecule has 1 fully saturated rings. The van der Waals surface area contributed by atoms with Crippen LogP contribution in [0.15, 0.2) is 48.5 Å². The number of rotatable bonds is 8. The molecule has 0 spiro atoms. The van der Waals surface area contributed by atoms with Gasteiger partial charge in [0.05, 0.1) is 15.6 Å². The molecule has 2 aromatic rings. The van der Waals surface area contributed by atoms with Crippen molar-refractivity contribution >= 4 is 35.6 Å². The van der Waals surface area contributed by atoms with Crippen LogP contribution in [0.25, 0.3) is 0 Å². The van der Waals surface area contributed by atoms with Gasteiger partial charge in [-0.25, -0.2) is 0 Å². The zero-order valence-corrected chi connectivity index (χ0v) is 19.2. The summed E-state index contributed by atoms with van der Waals surface area (Å²) < 4.78 is 0. The molecular formula is C23H31Cl3N2O. The van der Waals surface area contributed by atoms with Gasteiger partial charge >= 0.3 is 0 Å². The largest absolute Gasteiger partial charge is 0.385 e. The van der Waals surface area contributed by atoms with Gasteiger partial charge in [0.1, 0.15) is 0 Å². The average Bonchev–Trinajstić information content (AvgIpc) is 2.72. The van der Waals surface area contributed by atoms with Crippen LogP contribution in [0.5, 0.6) is 0 Å². The van der Waals surface area contributed by atoms with E-state index in [2.05, 4.69) is 23.2 Å². The van der Waals surface area contributed by atoms with Crippen LogP contribution in [0.4, 0.5) is 0 Å². The third kappa shape index (κ3) is 6.58. The Morgan fingerprint density at radius 2 is 1.76 bits per heavy atom. The maximum Gasteiger partial charge on any atom is 0.0920 e. The number of aliphatic hydroxyl groups is 1. The fourth-order valence-electron chi connectivity index (χ4n) is 3.99. The highest BCUT2D eigenvalue weighted by Crippen LogP contribution is 2.33. The lowest BCUT2D eigenvalue weighted by Gasteiger charge is -2.39. The molecule has 3 rings (SSSR count). The summed E-state index contributed by atoms with van der Waals surface area (Å²) in [4.78, 5) is 2.47. The van der Waals surface area contributed by atoms with E-state index in [1.807, 2.05) is 42.5 Å². The van der Waals surface area contributed by atoms with Crippen molar-refractivity contribution < 1.29 is 5.11 Å². The van der Waals surface area contributed by atoms with Crippen molar-refractivity contribution in [1.29, 1.82) is 0 Å². The van der Waals surface area contributed by atoms with E-state index >= 15 is 0 Å². The lowest BCUT2D eigenvalue weighted by molar-refractivity contribution is -0.0263. The number of hydrogen-bond donors (Lipinski definition) is 2. The molecule has 160 valence electrons. The van der Waals surface area contributed by atoms with Crippen LogP contribution >= 0.6 is 35.6 Å². The van der Waals surface area contributed by atoms with E-state index in [0.717, 1.165) is 57.5 Å². The molecular weight excluding hydrogens is 427 g/mol. The van der Waals surface area contributed by atoms with E-state index in [4.69, 9.17) is 23.2 Å². The maximum atomic E-state index is 11.0. The second kappa shape index (κ2) is 11.5. The van der Waals surface area contributed by atoms with Crippen LogP contribution in [0.2, 0.25) is 10.0 Å². The van der Waals surface area contributed by atoms with Gasteiger partial charge in [-0.15, -0.1) is 12.4 Å². The first kappa shape index (κ1) is 24.5. The van der Waals surface area contributed by atoms with Gasteiger partial charge in [-0.05, 0) is 61.5 Å². The van der Waals surface area contributed by atoms with E-state index in [0.29, 0.717) is 16.0 Å². The lowest BCUT2D eigenvalue weighted by Crippen LogP contribution is -2.43. The first-order valence-electron chi connectivity index (χ1n) is 10.2. The number of halogens is 3. The Morgan fingerprint density at radius 3 is 2.38 bits per heavy atom. The molecule has 1 heterocycles. The highest BCUT2D eigenvalue weighted by atomic mass is 35.5. The van der Waals surface area contributed by atoms with Crippen molar-refractivity contribution in [3.8, 4) is 0 Å². The predicted molar refractivity (Wildman–Crippen MR) is 126 cm³/mol. The Morgan fingerprint density at radius 1 is 1.07 bits per heavy atom. The molecule has 0 radical (unpaired) electrons. The average molecular weight is 458 g/mol. The third-order valence-electron chi connectivity index (χ3n) is 5.84. The van der Waals surface area contributed by atoms with Crippen molar-refractivity contribution in [2.24, 2.45) is 0 Å². The van der Waals surface area contributed by atoms with Crippen molar-refractivity contribution in [2.75, 3.05) is 32.7 Å². The van der Waals surface area contributed by atoms with Crippen LogP contribution in [-0.4, -0.2) is 42.7 Å². The van der Waals surface area contributed by atoms with Gasteiger partial charge in [0, 0.05) is 19.6 Å². The van der Waals surface area contributed by atoms with Gasteiger partial charge in [-0.2, -0.15) is 0 Å². The van der Waals surface area contributed by atoms with Gasteiger partial charge < -0.3 is 15.3 Å². The summed E-state index contributed by atoms with van der Waals surface area (Å²) in [5, 5.41) is 15.7. The number of likely N-dealkylation sites (tertiary alicyclic amines) is 1. The first-order valence-corrected chi connectivity index (χ1v) is 10.9. The zero-order valence-electron chi connectivity index (χ0n) is 16.9. The molecule has 2 aromatic carbocycles. The van der Waals surface area contributed by atoms with Crippen molar-refractivity contribution in [3.05, 3.63) is 69.7 Å². The SMILES string of the molecule is CCNCC(CCN1CCC(O)(c2ccccc2)CC1)c1ccc(Cl)c(Cl)c1.Cl. The molecule has 0 aliphatic carbocycles. The van der Waals surface area contributed by atoms with E-state index in [1.165, 1.54) is 5.56 Å². The molecule has 1 atom stereocenters. The Kier molecular flexibility index (Phi) is 9.74. The summed E-state index contributed by atoms with van der Waals surface area (Å²) in [5.41, 5.74) is 1.58. The summed E-state index contributed by atoms with van der Waals surface area (Å²) in [6, 6.07) is 16.0. The Bertz CT molecular complexity index is 749. The van der Waals surface area contributed by atoms with E-state index < -0.39 is 5.60 Å². The van der Waals surface area contributed by atoms with Gasteiger partial charge in [-0.3, -0.25) is 0 Å². The Balaban J connectivity index is 0.00000300. The molecule has 1 aliphatic heterocycles. The van der Waals surface area contributed by atoms with E-state index in [9.17, 15) is 5.11 Å². The van der Waals surface area contributed by atoms with Crippen molar-refractivity contribution in [3.63, 3.8) is 0 Å².